The topological polar surface area (TPSA) is 89.5 Å². The number of ether oxygens (including phenoxy) is 1. The number of benzene rings is 2. The Labute approximate surface area is 149 Å². The molecule has 1 aliphatic rings. The molecule has 0 unspecified atom stereocenters. The normalized spacial score (nSPS) is 12.5. The van der Waals surface area contributed by atoms with Crippen LogP contribution in [0.15, 0.2) is 54.6 Å². The second-order valence-corrected chi connectivity index (χ2v) is 5.59. The zero-order valence-corrected chi connectivity index (χ0v) is 13.9. The summed E-state index contributed by atoms with van der Waals surface area (Å²) in [7, 11) is 0. The first-order valence-electron chi connectivity index (χ1n) is 7.93. The summed E-state index contributed by atoms with van der Waals surface area (Å²) in [4.78, 5) is 48.8. The summed E-state index contributed by atoms with van der Waals surface area (Å²) in [6.45, 7) is 1.16. The predicted molar refractivity (Wildman–Crippen MR) is 94.2 cm³/mol. The molecule has 2 aromatic rings. The van der Waals surface area contributed by atoms with Crippen molar-refractivity contribution >= 4 is 29.1 Å². The van der Waals surface area contributed by atoms with E-state index in [1.165, 1.54) is 18.2 Å². The Morgan fingerprint density at radius 1 is 0.962 bits per heavy atom. The molecule has 0 saturated heterocycles. The van der Waals surface area contributed by atoms with E-state index in [0.29, 0.717) is 11.1 Å². The molecule has 1 N–H and O–H groups in total. The molecule has 0 radical (unpaired) electrons. The van der Waals surface area contributed by atoms with E-state index in [4.69, 9.17) is 4.74 Å². The standard InChI is InChI=1S/C20H15NO5/c1-2-6-17(23)26-11-16(22)21-15-10-5-9-14-18(15)20(25)13-8-4-3-7-12(13)19(14)24/h2-10H,11H2,1H3,(H,21,22)/b6-2+. The number of anilines is 1. The molecule has 26 heavy (non-hydrogen) atoms. The van der Waals surface area contributed by atoms with Crippen molar-refractivity contribution in [2.24, 2.45) is 0 Å². The summed E-state index contributed by atoms with van der Waals surface area (Å²) in [6.07, 6.45) is 2.69. The van der Waals surface area contributed by atoms with Gasteiger partial charge in [0, 0.05) is 22.8 Å². The molecule has 0 aliphatic heterocycles. The van der Waals surface area contributed by atoms with Gasteiger partial charge in [0.1, 0.15) is 0 Å². The lowest BCUT2D eigenvalue weighted by Crippen LogP contribution is -2.25. The van der Waals surface area contributed by atoms with Crippen LogP contribution in [0.4, 0.5) is 5.69 Å². The van der Waals surface area contributed by atoms with Gasteiger partial charge in [-0.1, -0.05) is 42.5 Å². The summed E-state index contributed by atoms with van der Waals surface area (Å²) in [5, 5.41) is 2.54. The van der Waals surface area contributed by atoms with Gasteiger partial charge < -0.3 is 10.1 Å². The minimum absolute atomic E-state index is 0.143. The van der Waals surface area contributed by atoms with E-state index in [1.807, 2.05) is 0 Å². The number of hydrogen-bond donors (Lipinski definition) is 1. The molecular weight excluding hydrogens is 334 g/mol. The fraction of sp³-hybridized carbons (Fsp3) is 0.100. The molecule has 3 rings (SSSR count). The summed E-state index contributed by atoms with van der Waals surface area (Å²) in [6, 6.07) is 11.2. The van der Waals surface area contributed by atoms with Crippen molar-refractivity contribution in [3.8, 4) is 0 Å². The van der Waals surface area contributed by atoms with Crippen molar-refractivity contribution in [1.29, 1.82) is 0 Å². The van der Waals surface area contributed by atoms with E-state index in [-0.39, 0.29) is 28.4 Å². The van der Waals surface area contributed by atoms with E-state index in [9.17, 15) is 19.2 Å². The Morgan fingerprint density at radius 2 is 1.62 bits per heavy atom. The van der Waals surface area contributed by atoms with E-state index in [1.54, 1.807) is 43.3 Å². The summed E-state index contributed by atoms with van der Waals surface area (Å²) >= 11 is 0. The highest BCUT2D eigenvalue weighted by Crippen LogP contribution is 2.31. The van der Waals surface area contributed by atoms with Crippen molar-refractivity contribution < 1.29 is 23.9 Å². The van der Waals surface area contributed by atoms with Gasteiger partial charge in [0.2, 0.25) is 0 Å². The highest BCUT2D eigenvalue weighted by atomic mass is 16.5. The van der Waals surface area contributed by atoms with Crippen LogP contribution in [-0.4, -0.2) is 30.0 Å². The average molecular weight is 349 g/mol. The Hall–Kier alpha value is -3.54. The second kappa shape index (κ2) is 7.14. The van der Waals surface area contributed by atoms with Crippen molar-refractivity contribution in [3.05, 3.63) is 76.9 Å². The van der Waals surface area contributed by atoms with Crippen LogP contribution in [-0.2, 0) is 14.3 Å². The number of amides is 1. The molecule has 0 fully saturated rings. The smallest absolute Gasteiger partial charge is 0.330 e. The van der Waals surface area contributed by atoms with Crippen LogP contribution >= 0.6 is 0 Å². The summed E-state index contributed by atoms with van der Waals surface area (Å²) < 4.78 is 4.78. The minimum Gasteiger partial charge on any atom is -0.452 e. The number of esters is 1. The first-order chi connectivity index (χ1) is 12.5. The number of nitrogens with one attached hydrogen (secondary N) is 1. The second-order valence-electron chi connectivity index (χ2n) is 5.59. The van der Waals surface area contributed by atoms with Gasteiger partial charge in [-0.2, -0.15) is 0 Å². The molecule has 0 saturated carbocycles. The van der Waals surface area contributed by atoms with Gasteiger partial charge in [0.05, 0.1) is 11.3 Å². The molecule has 0 atom stereocenters. The van der Waals surface area contributed by atoms with E-state index in [2.05, 4.69) is 5.32 Å². The third-order valence-electron chi connectivity index (χ3n) is 3.87. The molecular formula is C20H15NO5. The number of hydrogen-bond acceptors (Lipinski definition) is 5. The molecule has 0 bridgehead atoms. The fourth-order valence-electron chi connectivity index (χ4n) is 2.76. The zero-order chi connectivity index (χ0) is 18.7. The fourth-order valence-corrected chi connectivity index (χ4v) is 2.76. The number of ketones is 2. The highest BCUT2D eigenvalue weighted by Gasteiger charge is 2.31. The van der Waals surface area contributed by atoms with Gasteiger partial charge in [-0.25, -0.2) is 4.79 Å². The Bertz CT molecular complexity index is 958. The van der Waals surface area contributed by atoms with Crippen LogP contribution in [0.5, 0.6) is 0 Å². The number of rotatable bonds is 4. The maximum atomic E-state index is 12.8. The lowest BCUT2D eigenvalue weighted by Gasteiger charge is -2.20. The molecule has 130 valence electrons. The number of carbonyl (C=O) groups is 4. The van der Waals surface area contributed by atoms with Crippen molar-refractivity contribution in [1.82, 2.24) is 0 Å². The highest BCUT2D eigenvalue weighted by molar-refractivity contribution is 6.30. The third-order valence-corrected chi connectivity index (χ3v) is 3.87. The number of fused-ring (bicyclic) bond motifs is 2. The van der Waals surface area contributed by atoms with Crippen LogP contribution in [0.1, 0.15) is 38.8 Å². The van der Waals surface area contributed by atoms with E-state index < -0.39 is 18.5 Å². The number of carbonyl (C=O) groups excluding carboxylic acids is 4. The van der Waals surface area contributed by atoms with E-state index in [0.717, 1.165) is 0 Å². The lowest BCUT2D eigenvalue weighted by atomic mass is 9.83. The Balaban J connectivity index is 1.88. The van der Waals surface area contributed by atoms with Gasteiger partial charge in [0.25, 0.3) is 5.91 Å². The van der Waals surface area contributed by atoms with Gasteiger partial charge >= 0.3 is 5.97 Å². The third kappa shape index (κ3) is 3.17. The van der Waals surface area contributed by atoms with Gasteiger partial charge in [-0.05, 0) is 13.0 Å². The van der Waals surface area contributed by atoms with Crippen LogP contribution in [0.3, 0.4) is 0 Å². The molecule has 6 nitrogen and oxygen atoms in total. The first-order valence-corrected chi connectivity index (χ1v) is 7.93. The lowest BCUT2D eigenvalue weighted by molar-refractivity contribution is -0.142. The zero-order valence-electron chi connectivity index (χ0n) is 13.9. The molecule has 0 spiro atoms. The first kappa shape index (κ1) is 17.3. The van der Waals surface area contributed by atoms with Gasteiger partial charge in [0.15, 0.2) is 18.2 Å². The maximum Gasteiger partial charge on any atom is 0.330 e. The summed E-state index contributed by atoms with van der Waals surface area (Å²) in [5.74, 6) is -1.85. The van der Waals surface area contributed by atoms with Gasteiger partial charge in [-0.3, -0.25) is 14.4 Å². The maximum absolute atomic E-state index is 12.8. The van der Waals surface area contributed by atoms with Gasteiger partial charge in [-0.15, -0.1) is 0 Å². The Morgan fingerprint density at radius 3 is 2.31 bits per heavy atom. The molecule has 0 heterocycles. The van der Waals surface area contributed by atoms with E-state index >= 15 is 0 Å². The van der Waals surface area contributed by atoms with Crippen LogP contribution in [0.2, 0.25) is 0 Å². The van der Waals surface area contributed by atoms with Crippen molar-refractivity contribution in [2.45, 2.75) is 6.92 Å². The molecule has 1 amide bonds. The monoisotopic (exact) mass is 349 g/mol. The number of allylic oxidation sites excluding steroid dienone is 1. The van der Waals surface area contributed by atoms with Crippen LogP contribution in [0, 0.1) is 0 Å². The van der Waals surface area contributed by atoms with Crippen molar-refractivity contribution in [3.63, 3.8) is 0 Å². The van der Waals surface area contributed by atoms with Crippen LogP contribution in [0.25, 0.3) is 0 Å². The quantitative estimate of drug-likeness (QED) is 0.577. The Kier molecular flexibility index (Phi) is 4.75. The minimum atomic E-state index is -0.641. The largest absolute Gasteiger partial charge is 0.452 e. The molecule has 6 heteroatoms. The summed E-state index contributed by atoms with van der Waals surface area (Å²) in [5.41, 5.74) is 1.23. The molecule has 0 aromatic heterocycles. The average Bonchev–Trinajstić information content (AvgIpc) is 2.64. The van der Waals surface area contributed by atoms with Crippen molar-refractivity contribution in [2.75, 3.05) is 11.9 Å². The molecule has 2 aromatic carbocycles. The van der Waals surface area contributed by atoms with Crippen LogP contribution < -0.4 is 5.32 Å². The SMILES string of the molecule is C/C=C/C(=O)OCC(=O)Nc1cccc2c1C(=O)c1ccccc1C2=O. The predicted octanol–water partition coefficient (Wildman–Crippen LogP) is 2.52. The molecule has 1 aliphatic carbocycles.